The summed E-state index contributed by atoms with van der Waals surface area (Å²) >= 11 is 11.8. The lowest BCUT2D eigenvalue weighted by atomic mass is 10.1. The maximum atomic E-state index is 14.4. The number of hydrogen-bond donors (Lipinski definition) is 0. The van der Waals surface area contributed by atoms with Crippen molar-refractivity contribution >= 4 is 46.0 Å². The number of amides is 1. The Kier molecular flexibility index (Phi) is 5.55. The van der Waals surface area contributed by atoms with E-state index >= 15 is 0 Å². The number of ether oxygens (including phenoxy) is 1. The number of piperazine rings is 1. The van der Waals surface area contributed by atoms with Crippen molar-refractivity contribution in [2.45, 2.75) is 52.3 Å². The van der Waals surface area contributed by atoms with Crippen molar-refractivity contribution in [2.24, 2.45) is 0 Å². The van der Waals surface area contributed by atoms with Crippen LogP contribution < -0.4 is 4.90 Å². The van der Waals surface area contributed by atoms with E-state index in [1.807, 2.05) is 39.5 Å². The first kappa shape index (κ1) is 20.8. The lowest BCUT2D eigenvalue weighted by Crippen LogP contribution is -2.59. The van der Waals surface area contributed by atoms with Gasteiger partial charge in [0, 0.05) is 19.3 Å². The van der Waals surface area contributed by atoms with Gasteiger partial charge in [-0.25, -0.2) is 19.2 Å². The van der Waals surface area contributed by atoms with Crippen molar-refractivity contribution in [3.63, 3.8) is 0 Å². The molecular formula is C18H22Cl2FN5O2. The molecule has 2 atom stereocenters. The van der Waals surface area contributed by atoms with Gasteiger partial charge in [-0.1, -0.05) is 11.6 Å². The van der Waals surface area contributed by atoms with E-state index in [2.05, 4.69) is 15.0 Å². The highest BCUT2D eigenvalue weighted by atomic mass is 35.5. The van der Waals surface area contributed by atoms with E-state index < -0.39 is 11.4 Å². The number of fused-ring (bicyclic) bond motifs is 1. The van der Waals surface area contributed by atoms with Gasteiger partial charge in [-0.2, -0.15) is 4.98 Å². The topological polar surface area (TPSA) is 71.5 Å². The lowest BCUT2D eigenvalue weighted by molar-refractivity contribution is 0.00562. The van der Waals surface area contributed by atoms with Crippen LogP contribution in [0.15, 0.2) is 6.20 Å². The number of carbonyl (C=O) groups excluding carboxylic acids is 1. The Labute approximate surface area is 172 Å². The molecular weight excluding hydrogens is 408 g/mol. The summed E-state index contributed by atoms with van der Waals surface area (Å²) in [6, 6.07) is -0.319. The van der Waals surface area contributed by atoms with E-state index in [-0.39, 0.29) is 34.1 Å². The summed E-state index contributed by atoms with van der Waals surface area (Å²) in [5.74, 6) is -0.279. The highest BCUT2D eigenvalue weighted by Crippen LogP contribution is 2.31. The lowest BCUT2D eigenvalue weighted by Gasteiger charge is -2.45. The molecule has 28 heavy (non-hydrogen) atoms. The first-order valence-corrected chi connectivity index (χ1v) is 9.67. The summed E-state index contributed by atoms with van der Waals surface area (Å²) < 4.78 is 19.9. The minimum atomic E-state index is -0.738. The van der Waals surface area contributed by atoms with Crippen molar-refractivity contribution in [3.05, 3.63) is 22.5 Å². The quantitative estimate of drug-likeness (QED) is 0.496. The summed E-state index contributed by atoms with van der Waals surface area (Å²) in [6.45, 7) is 10.3. The largest absolute Gasteiger partial charge is 0.444 e. The Morgan fingerprint density at radius 1 is 1.21 bits per heavy atom. The fourth-order valence-corrected chi connectivity index (χ4v) is 3.71. The maximum absolute atomic E-state index is 14.4. The average Bonchev–Trinajstić information content (AvgIpc) is 2.55. The van der Waals surface area contributed by atoms with Gasteiger partial charge in [-0.05, 0) is 46.2 Å². The van der Waals surface area contributed by atoms with Gasteiger partial charge >= 0.3 is 6.09 Å². The van der Waals surface area contributed by atoms with Crippen LogP contribution in [-0.2, 0) is 4.74 Å². The van der Waals surface area contributed by atoms with Crippen molar-refractivity contribution in [2.75, 3.05) is 18.0 Å². The summed E-state index contributed by atoms with van der Waals surface area (Å²) in [4.78, 5) is 28.4. The molecule has 1 amide bonds. The molecule has 1 saturated heterocycles. The van der Waals surface area contributed by atoms with Crippen LogP contribution in [0.3, 0.4) is 0 Å². The van der Waals surface area contributed by atoms with Gasteiger partial charge in [0.1, 0.15) is 16.9 Å². The first-order chi connectivity index (χ1) is 13.0. The molecule has 0 spiro atoms. The molecule has 2 aromatic rings. The SMILES string of the molecule is CC1CN(c2nc(Cl)nc3c(F)c(Cl)ncc23)CC(C)N1C(=O)OC(C)(C)C. The third-order valence-electron chi connectivity index (χ3n) is 4.42. The number of pyridine rings is 1. The monoisotopic (exact) mass is 429 g/mol. The van der Waals surface area contributed by atoms with E-state index in [4.69, 9.17) is 27.9 Å². The van der Waals surface area contributed by atoms with Gasteiger partial charge in [0.2, 0.25) is 5.28 Å². The third-order valence-corrected chi connectivity index (χ3v) is 4.85. The summed E-state index contributed by atoms with van der Waals surface area (Å²) in [5, 5.41) is 0.0552. The van der Waals surface area contributed by atoms with Gasteiger partial charge in [0.05, 0.1) is 17.5 Å². The highest BCUT2D eigenvalue weighted by Gasteiger charge is 2.36. The Hall–Kier alpha value is -1.93. The van der Waals surface area contributed by atoms with Gasteiger partial charge in [-0.15, -0.1) is 0 Å². The van der Waals surface area contributed by atoms with Crippen LogP contribution >= 0.6 is 23.2 Å². The summed E-state index contributed by atoms with van der Waals surface area (Å²) in [7, 11) is 0. The number of rotatable bonds is 1. The standard InChI is InChI=1S/C18H22Cl2FN5O2/c1-9-7-25(8-10(2)26(9)17(27)28-18(3,4)5)15-11-6-22-14(19)12(21)13(11)23-16(20)24-15/h6,9-10H,7-8H2,1-5H3. The molecule has 1 aliphatic heterocycles. The molecule has 3 heterocycles. The predicted octanol–water partition coefficient (Wildman–Crippen LogP) is 4.30. The van der Waals surface area contributed by atoms with Gasteiger partial charge < -0.3 is 9.64 Å². The van der Waals surface area contributed by atoms with Crippen molar-refractivity contribution in [1.82, 2.24) is 19.9 Å². The Bertz CT molecular complexity index is 909. The average molecular weight is 430 g/mol. The molecule has 2 unspecified atom stereocenters. The molecule has 1 aliphatic rings. The number of anilines is 1. The fourth-order valence-electron chi connectivity index (χ4n) is 3.40. The molecule has 0 aromatic carbocycles. The van der Waals surface area contributed by atoms with E-state index in [9.17, 15) is 9.18 Å². The van der Waals surface area contributed by atoms with Crippen molar-refractivity contribution < 1.29 is 13.9 Å². The molecule has 7 nitrogen and oxygen atoms in total. The van der Waals surface area contributed by atoms with Crippen molar-refractivity contribution in [1.29, 1.82) is 0 Å². The normalized spacial score (nSPS) is 20.6. The molecule has 152 valence electrons. The minimum absolute atomic E-state index is 0.0184. The van der Waals surface area contributed by atoms with E-state index in [1.54, 1.807) is 4.90 Å². The van der Waals surface area contributed by atoms with Gasteiger partial charge in [0.25, 0.3) is 0 Å². The van der Waals surface area contributed by atoms with Crippen LogP contribution in [-0.4, -0.2) is 56.7 Å². The van der Waals surface area contributed by atoms with E-state index in [1.165, 1.54) is 6.20 Å². The van der Waals surface area contributed by atoms with Gasteiger partial charge in [-0.3, -0.25) is 4.90 Å². The second-order valence-corrected chi connectivity index (χ2v) is 8.63. The second kappa shape index (κ2) is 7.48. The third kappa shape index (κ3) is 4.07. The smallest absolute Gasteiger partial charge is 0.410 e. The van der Waals surface area contributed by atoms with Crippen LogP contribution in [0.4, 0.5) is 15.0 Å². The highest BCUT2D eigenvalue weighted by molar-refractivity contribution is 6.30. The Balaban J connectivity index is 1.93. The number of hydrogen-bond acceptors (Lipinski definition) is 6. The second-order valence-electron chi connectivity index (χ2n) is 7.93. The molecule has 0 N–H and O–H groups in total. The number of nitrogens with zero attached hydrogens (tertiary/aromatic N) is 5. The molecule has 3 rings (SSSR count). The zero-order valence-corrected chi connectivity index (χ0v) is 17.8. The van der Waals surface area contributed by atoms with Crippen LogP contribution in [0, 0.1) is 5.82 Å². The zero-order chi connectivity index (χ0) is 20.8. The van der Waals surface area contributed by atoms with Crippen LogP contribution in [0.5, 0.6) is 0 Å². The summed E-state index contributed by atoms with van der Waals surface area (Å²) in [5.41, 5.74) is -0.558. The maximum Gasteiger partial charge on any atom is 0.410 e. The predicted molar refractivity (Wildman–Crippen MR) is 107 cm³/mol. The zero-order valence-electron chi connectivity index (χ0n) is 16.3. The first-order valence-electron chi connectivity index (χ1n) is 8.91. The number of halogens is 3. The number of carbonyl (C=O) groups is 1. The van der Waals surface area contributed by atoms with Crippen LogP contribution in [0.25, 0.3) is 10.9 Å². The molecule has 0 bridgehead atoms. The molecule has 1 fully saturated rings. The molecule has 0 saturated carbocycles. The molecule has 0 aliphatic carbocycles. The minimum Gasteiger partial charge on any atom is -0.444 e. The van der Waals surface area contributed by atoms with E-state index in [0.29, 0.717) is 24.3 Å². The van der Waals surface area contributed by atoms with Gasteiger partial charge in [0.15, 0.2) is 11.0 Å². The fraction of sp³-hybridized carbons (Fsp3) is 0.556. The Morgan fingerprint density at radius 2 is 1.82 bits per heavy atom. The molecule has 0 radical (unpaired) electrons. The van der Waals surface area contributed by atoms with E-state index in [0.717, 1.165) is 0 Å². The number of aromatic nitrogens is 3. The van der Waals surface area contributed by atoms with Crippen molar-refractivity contribution in [3.8, 4) is 0 Å². The van der Waals surface area contributed by atoms with Crippen LogP contribution in [0.1, 0.15) is 34.6 Å². The Morgan fingerprint density at radius 3 is 2.39 bits per heavy atom. The molecule has 2 aromatic heterocycles. The van der Waals surface area contributed by atoms with Crippen LogP contribution in [0.2, 0.25) is 10.4 Å². The molecule has 10 heteroatoms. The summed E-state index contributed by atoms with van der Waals surface area (Å²) in [6.07, 6.45) is 1.07.